The van der Waals surface area contributed by atoms with Crippen molar-refractivity contribution in [3.8, 4) is 0 Å². The van der Waals surface area contributed by atoms with Crippen LogP contribution in [0.15, 0.2) is 15.7 Å². The summed E-state index contributed by atoms with van der Waals surface area (Å²) in [7, 11) is 0. The Hall–Kier alpha value is -1.25. The largest absolute Gasteiger partial charge is 0.308 e. The number of hydrogen-bond acceptors (Lipinski definition) is 8. The van der Waals surface area contributed by atoms with Crippen LogP contribution in [0.2, 0.25) is 0 Å². The molecule has 3 N–H and O–H groups in total. The summed E-state index contributed by atoms with van der Waals surface area (Å²) in [5.74, 6) is 7.57. The van der Waals surface area contributed by atoms with Crippen LogP contribution in [0.3, 0.4) is 0 Å². The lowest BCUT2D eigenvalue weighted by molar-refractivity contribution is 0.862. The van der Waals surface area contributed by atoms with Crippen LogP contribution in [0.25, 0.3) is 0 Å². The first kappa shape index (κ1) is 11.8. The molecule has 0 atom stereocenters. The molecule has 1 aliphatic carbocycles. The summed E-state index contributed by atoms with van der Waals surface area (Å²) in [5, 5.41) is 0.900. The summed E-state index contributed by atoms with van der Waals surface area (Å²) in [5.41, 5.74) is 3.59. The molecule has 0 spiro atoms. The van der Waals surface area contributed by atoms with E-state index in [1.165, 1.54) is 23.3 Å². The quantitative estimate of drug-likeness (QED) is 0.502. The minimum absolute atomic E-state index is 0.492. The lowest BCUT2D eigenvalue weighted by Crippen LogP contribution is -2.13. The van der Waals surface area contributed by atoms with Gasteiger partial charge in [0.25, 0.3) is 0 Å². The maximum atomic E-state index is 5.51. The normalized spacial score (nSPS) is 14.8. The number of hydrazine groups is 1. The zero-order valence-corrected chi connectivity index (χ0v) is 11.4. The van der Waals surface area contributed by atoms with Crippen molar-refractivity contribution in [3.05, 3.63) is 17.7 Å². The zero-order valence-electron chi connectivity index (χ0n) is 9.75. The number of nitrogens with one attached hydrogen (secondary N) is 1. The van der Waals surface area contributed by atoms with Gasteiger partial charge in [-0.05, 0) is 43.1 Å². The molecular weight excluding hydrogens is 268 g/mol. The van der Waals surface area contributed by atoms with Gasteiger partial charge in [-0.1, -0.05) is 0 Å². The van der Waals surface area contributed by atoms with Crippen LogP contribution in [0.1, 0.15) is 30.1 Å². The van der Waals surface area contributed by atoms with Gasteiger partial charge in [0.15, 0.2) is 4.34 Å². The van der Waals surface area contributed by atoms with Crippen molar-refractivity contribution in [2.75, 3.05) is 5.43 Å². The van der Waals surface area contributed by atoms with Gasteiger partial charge in [-0.15, -0.1) is 0 Å². The van der Waals surface area contributed by atoms with E-state index < -0.39 is 0 Å². The van der Waals surface area contributed by atoms with E-state index in [9.17, 15) is 0 Å². The molecule has 1 fully saturated rings. The van der Waals surface area contributed by atoms with Gasteiger partial charge < -0.3 is 5.43 Å². The molecule has 2 aromatic heterocycles. The fraction of sp³-hybridized carbons (Fsp3) is 0.400. The molecule has 2 aromatic rings. The third kappa shape index (κ3) is 2.31. The van der Waals surface area contributed by atoms with Crippen LogP contribution in [0.5, 0.6) is 0 Å². The minimum Gasteiger partial charge on any atom is -0.308 e. The lowest BCUT2D eigenvalue weighted by Gasteiger charge is -2.10. The molecule has 0 unspecified atom stereocenters. The SMILES string of the molecule is Cc1c(NN)nc(C2CC2)nc1Sc1ncns1. The highest BCUT2D eigenvalue weighted by Gasteiger charge is 2.28. The molecule has 0 radical (unpaired) electrons. The molecule has 18 heavy (non-hydrogen) atoms. The van der Waals surface area contributed by atoms with Crippen molar-refractivity contribution in [2.45, 2.75) is 35.0 Å². The van der Waals surface area contributed by atoms with E-state index in [0.717, 1.165) is 33.6 Å². The predicted octanol–water partition coefficient (Wildman–Crippen LogP) is 1.95. The molecule has 3 rings (SSSR count). The summed E-state index contributed by atoms with van der Waals surface area (Å²) in [6.45, 7) is 1.95. The second kappa shape index (κ2) is 4.79. The van der Waals surface area contributed by atoms with Crippen LogP contribution in [-0.2, 0) is 0 Å². The first-order valence-electron chi connectivity index (χ1n) is 5.57. The van der Waals surface area contributed by atoms with Gasteiger partial charge in [0.2, 0.25) is 0 Å². The van der Waals surface area contributed by atoms with Gasteiger partial charge in [-0.25, -0.2) is 20.8 Å². The Bertz CT molecular complexity index is 552. The second-order valence-electron chi connectivity index (χ2n) is 4.09. The first-order valence-corrected chi connectivity index (χ1v) is 7.16. The number of nitrogens with zero attached hydrogens (tertiary/aromatic N) is 4. The molecule has 0 aromatic carbocycles. The first-order chi connectivity index (χ1) is 8.78. The van der Waals surface area contributed by atoms with Crippen LogP contribution in [-0.4, -0.2) is 19.3 Å². The van der Waals surface area contributed by atoms with E-state index in [1.807, 2.05) is 6.92 Å². The van der Waals surface area contributed by atoms with Gasteiger partial charge in [-0.2, -0.15) is 4.37 Å². The van der Waals surface area contributed by atoms with Gasteiger partial charge in [0, 0.05) is 11.5 Å². The molecule has 2 heterocycles. The lowest BCUT2D eigenvalue weighted by atomic mass is 10.3. The highest BCUT2D eigenvalue weighted by atomic mass is 32.2. The van der Waals surface area contributed by atoms with Crippen molar-refractivity contribution >= 4 is 29.1 Å². The molecule has 1 aliphatic rings. The van der Waals surface area contributed by atoms with Crippen molar-refractivity contribution in [1.82, 2.24) is 19.3 Å². The number of aromatic nitrogens is 4. The topological polar surface area (TPSA) is 89.6 Å². The van der Waals surface area contributed by atoms with Crippen molar-refractivity contribution in [1.29, 1.82) is 0 Å². The maximum Gasteiger partial charge on any atom is 0.176 e. The number of hydrogen-bond donors (Lipinski definition) is 2. The van der Waals surface area contributed by atoms with Crippen LogP contribution in [0.4, 0.5) is 5.82 Å². The highest BCUT2D eigenvalue weighted by Crippen LogP contribution is 2.40. The predicted molar refractivity (Wildman–Crippen MR) is 70.6 cm³/mol. The number of nitrogens with two attached hydrogens (primary N) is 1. The molecular formula is C10H12N6S2. The molecule has 8 heteroatoms. The van der Waals surface area contributed by atoms with Crippen molar-refractivity contribution < 1.29 is 0 Å². The molecule has 0 bridgehead atoms. The number of rotatable bonds is 4. The van der Waals surface area contributed by atoms with E-state index in [1.54, 1.807) is 6.33 Å². The van der Waals surface area contributed by atoms with Crippen LogP contribution < -0.4 is 11.3 Å². The summed E-state index contributed by atoms with van der Waals surface area (Å²) >= 11 is 2.87. The molecule has 0 amide bonds. The van der Waals surface area contributed by atoms with Crippen LogP contribution in [0, 0.1) is 6.92 Å². The average molecular weight is 280 g/mol. The molecule has 6 nitrogen and oxygen atoms in total. The summed E-state index contributed by atoms with van der Waals surface area (Å²) in [4.78, 5) is 13.2. The van der Waals surface area contributed by atoms with Crippen molar-refractivity contribution in [3.63, 3.8) is 0 Å². The Morgan fingerprint density at radius 2 is 2.28 bits per heavy atom. The third-order valence-corrected chi connectivity index (χ3v) is 4.53. The highest BCUT2D eigenvalue weighted by molar-refractivity contribution is 8.00. The summed E-state index contributed by atoms with van der Waals surface area (Å²) < 4.78 is 4.86. The van der Waals surface area contributed by atoms with Gasteiger partial charge >= 0.3 is 0 Å². The summed E-state index contributed by atoms with van der Waals surface area (Å²) in [6.07, 6.45) is 3.87. The smallest absolute Gasteiger partial charge is 0.176 e. The number of nitrogen functional groups attached to an aromatic ring is 1. The Kier molecular flexibility index (Phi) is 3.14. The Balaban J connectivity index is 1.98. The molecule has 0 saturated heterocycles. The van der Waals surface area contributed by atoms with Gasteiger partial charge in [0.05, 0.1) is 0 Å². The minimum atomic E-state index is 0.492. The van der Waals surface area contributed by atoms with Gasteiger partial charge in [-0.3, -0.25) is 0 Å². The number of anilines is 1. The standard InChI is InChI=1S/C10H12N6S2/c1-5-7(16-11)14-8(6-2-3-6)15-9(5)17-10-12-4-13-18-10/h4,6H,2-3,11H2,1H3,(H,14,15,16). The molecule has 94 valence electrons. The van der Waals surface area contributed by atoms with Gasteiger partial charge in [0.1, 0.15) is 23.0 Å². The maximum absolute atomic E-state index is 5.51. The summed E-state index contributed by atoms with van der Waals surface area (Å²) in [6, 6.07) is 0. The Labute approximate surface area is 113 Å². The van der Waals surface area contributed by atoms with E-state index >= 15 is 0 Å². The fourth-order valence-corrected chi connectivity index (χ4v) is 3.02. The van der Waals surface area contributed by atoms with E-state index in [4.69, 9.17) is 5.84 Å². The van der Waals surface area contributed by atoms with Crippen molar-refractivity contribution in [2.24, 2.45) is 5.84 Å². The average Bonchev–Trinajstić information content (AvgIpc) is 3.11. The van der Waals surface area contributed by atoms with E-state index in [0.29, 0.717) is 11.7 Å². The molecule has 0 aliphatic heterocycles. The van der Waals surface area contributed by atoms with Crippen LogP contribution >= 0.6 is 23.3 Å². The third-order valence-electron chi connectivity index (χ3n) is 2.72. The molecule has 1 saturated carbocycles. The second-order valence-corrected chi connectivity index (χ2v) is 6.10. The fourth-order valence-electron chi connectivity index (χ4n) is 1.57. The Morgan fingerprint density at radius 1 is 1.44 bits per heavy atom. The van der Waals surface area contributed by atoms with E-state index in [2.05, 4.69) is 24.8 Å². The Morgan fingerprint density at radius 3 is 2.89 bits per heavy atom. The van der Waals surface area contributed by atoms with E-state index in [-0.39, 0.29) is 0 Å². The monoisotopic (exact) mass is 280 g/mol. The zero-order chi connectivity index (χ0) is 12.5.